The smallest absolute Gasteiger partial charge is 0.123 e. The number of hydrogen-bond acceptors (Lipinski definition) is 0. The van der Waals surface area contributed by atoms with Gasteiger partial charge in [-0.1, -0.05) is 30.3 Å². The first-order valence-electron chi connectivity index (χ1n) is 4.28. The molecule has 0 nitrogen and oxygen atoms in total. The predicted octanol–water partition coefficient (Wildman–Crippen LogP) is 4.10. The van der Waals surface area contributed by atoms with Crippen molar-refractivity contribution >= 4 is 22.6 Å². The molecule has 0 heterocycles. The van der Waals surface area contributed by atoms with E-state index >= 15 is 0 Å². The van der Waals surface area contributed by atoms with E-state index in [9.17, 15) is 4.39 Å². The van der Waals surface area contributed by atoms with Crippen LogP contribution < -0.4 is 0 Å². The molecule has 0 spiro atoms. The first kappa shape index (κ1) is 9.65. The van der Waals surface area contributed by atoms with E-state index in [1.807, 2.05) is 30.3 Å². The maximum Gasteiger partial charge on any atom is 0.123 e. The van der Waals surface area contributed by atoms with Crippen molar-refractivity contribution in [2.75, 3.05) is 0 Å². The summed E-state index contributed by atoms with van der Waals surface area (Å²) in [5.41, 5.74) is 2.00. The van der Waals surface area contributed by atoms with Crippen molar-refractivity contribution in [1.82, 2.24) is 0 Å². The lowest BCUT2D eigenvalue weighted by atomic mass is 10.1. The van der Waals surface area contributed by atoms with E-state index in [0.717, 1.165) is 14.7 Å². The Morgan fingerprint density at radius 2 is 1.71 bits per heavy atom. The zero-order valence-corrected chi connectivity index (χ0v) is 9.53. The molecule has 2 heteroatoms. The third-order valence-electron chi connectivity index (χ3n) is 2.01. The fourth-order valence-electron chi connectivity index (χ4n) is 1.35. The Morgan fingerprint density at radius 3 is 2.43 bits per heavy atom. The normalized spacial score (nSPS) is 10.1. The van der Waals surface area contributed by atoms with Crippen molar-refractivity contribution in [3.63, 3.8) is 0 Å². The molecule has 2 rings (SSSR count). The molecule has 0 N–H and O–H groups in total. The van der Waals surface area contributed by atoms with Gasteiger partial charge < -0.3 is 0 Å². The van der Waals surface area contributed by atoms with Crippen LogP contribution in [-0.2, 0) is 0 Å². The highest BCUT2D eigenvalue weighted by Gasteiger charge is 2.01. The summed E-state index contributed by atoms with van der Waals surface area (Å²) >= 11 is 2.25. The molecule has 14 heavy (non-hydrogen) atoms. The summed E-state index contributed by atoms with van der Waals surface area (Å²) in [6.45, 7) is 0. The summed E-state index contributed by atoms with van der Waals surface area (Å²) in [7, 11) is 0. The highest BCUT2D eigenvalue weighted by atomic mass is 127. The second-order valence-corrected chi connectivity index (χ2v) is 4.15. The standard InChI is InChI=1S/C12H8FI/c13-10-5-3-4-9(8-10)11-6-1-2-7-12(11)14/h1-8H. The van der Waals surface area contributed by atoms with Crippen LogP contribution in [0.5, 0.6) is 0 Å². The molecule has 0 atom stereocenters. The molecule has 0 aliphatic carbocycles. The molecule has 0 bridgehead atoms. The molecule has 2 aromatic rings. The lowest BCUT2D eigenvalue weighted by Gasteiger charge is -2.03. The van der Waals surface area contributed by atoms with Crippen LogP contribution in [0.4, 0.5) is 4.39 Å². The summed E-state index contributed by atoms with van der Waals surface area (Å²) in [5, 5.41) is 0. The summed E-state index contributed by atoms with van der Waals surface area (Å²) in [6, 6.07) is 14.6. The van der Waals surface area contributed by atoms with Gasteiger partial charge in [0, 0.05) is 3.57 Å². The van der Waals surface area contributed by atoms with Gasteiger partial charge in [0.1, 0.15) is 5.82 Å². The second-order valence-electron chi connectivity index (χ2n) is 2.99. The van der Waals surface area contributed by atoms with Gasteiger partial charge in [-0.15, -0.1) is 0 Å². The van der Waals surface area contributed by atoms with Crippen LogP contribution in [0.25, 0.3) is 11.1 Å². The van der Waals surface area contributed by atoms with Crippen LogP contribution in [0.1, 0.15) is 0 Å². The molecular weight excluding hydrogens is 290 g/mol. The molecular formula is C12H8FI. The van der Waals surface area contributed by atoms with Crippen LogP contribution in [0, 0.1) is 9.39 Å². The third kappa shape index (κ3) is 1.95. The molecule has 2 aromatic carbocycles. The molecule has 0 saturated carbocycles. The predicted molar refractivity (Wildman–Crippen MR) is 64.6 cm³/mol. The monoisotopic (exact) mass is 298 g/mol. The molecule has 0 amide bonds. The van der Waals surface area contributed by atoms with Crippen LogP contribution in [0.15, 0.2) is 48.5 Å². The van der Waals surface area contributed by atoms with Gasteiger partial charge in [0.15, 0.2) is 0 Å². The first-order valence-corrected chi connectivity index (χ1v) is 5.36. The fourth-order valence-corrected chi connectivity index (χ4v) is 2.05. The average Bonchev–Trinajstić information content (AvgIpc) is 2.18. The van der Waals surface area contributed by atoms with Gasteiger partial charge in [0.05, 0.1) is 0 Å². The molecule has 0 aromatic heterocycles. The minimum atomic E-state index is -0.192. The minimum absolute atomic E-state index is 0.192. The maximum atomic E-state index is 13.0. The highest BCUT2D eigenvalue weighted by Crippen LogP contribution is 2.25. The van der Waals surface area contributed by atoms with Crippen molar-refractivity contribution in [3.8, 4) is 11.1 Å². The summed E-state index contributed by atoms with van der Waals surface area (Å²) in [6.07, 6.45) is 0. The van der Waals surface area contributed by atoms with Gasteiger partial charge in [-0.3, -0.25) is 0 Å². The van der Waals surface area contributed by atoms with Crippen molar-refractivity contribution in [2.24, 2.45) is 0 Å². The van der Waals surface area contributed by atoms with E-state index in [1.54, 1.807) is 12.1 Å². The molecule has 0 fully saturated rings. The van der Waals surface area contributed by atoms with Crippen LogP contribution in [0.2, 0.25) is 0 Å². The quantitative estimate of drug-likeness (QED) is 0.695. The van der Waals surface area contributed by atoms with Gasteiger partial charge in [-0.2, -0.15) is 0 Å². The molecule has 70 valence electrons. The lowest BCUT2D eigenvalue weighted by Crippen LogP contribution is -1.82. The number of hydrogen-bond donors (Lipinski definition) is 0. The van der Waals surface area contributed by atoms with E-state index in [1.165, 1.54) is 6.07 Å². The Bertz CT molecular complexity index is 452. The number of benzene rings is 2. The third-order valence-corrected chi connectivity index (χ3v) is 2.95. The van der Waals surface area contributed by atoms with Gasteiger partial charge in [0.25, 0.3) is 0 Å². The summed E-state index contributed by atoms with van der Waals surface area (Å²) < 4.78 is 14.1. The Kier molecular flexibility index (Phi) is 2.82. The Balaban J connectivity index is 2.55. The molecule has 0 aliphatic rings. The van der Waals surface area contributed by atoms with E-state index in [2.05, 4.69) is 22.6 Å². The molecule has 0 radical (unpaired) electrons. The SMILES string of the molecule is Fc1cccc(-c2ccccc2I)c1. The van der Waals surface area contributed by atoms with E-state index in [-0.39, 0.29) is 5.82 Å². The van der Waals surface area contributed by atoms with Gasteiger partial charge in [0.2, 0.25) is 0 Å². The summed E-state index contributed by atoms with van der Waals surface area (Å²) in [5.74, 6) is -0.192. The molecule has 0 aliphatic heterocycles. The summed E-state index contributed by atoms with van der Waals surface area (Å²) in [4.78, 5) is 0. The van der Waals surface area contributed by atoms with E-state index in [0.29, 0.717) is 0 Å². The maximum absolute atomic E-state index is 13.0. The Hall–Kier alpha value is -0.900. The van der Waals surface area contributed by atoms with E-state index in [4.69, 9.17) is 0 Å². The molecule has 0 saturated heterocycles. The van der Waals surface area contributed by atoms with Crippen LogP contribution in [-0.4, -0.2) is 0 Å². The van der Waals surface area contributed by atoms with Crippen molar-refractivity contribution < 1.29 is 4.39 Å². The second kappa shape index (κ2) is 4.09. The van der Waals surface area contributed by atoms with Crippen LogP contribution in [0.3, 0.4) is 0 Å². The van der Waals surface area contributed by atoms with Gasteiger partial charge >= 0.3 is 0 Å². The zero-order valence-electron chi connectivity index (χ0n) is 7.37. The Morgan fingerprint density at radius 1 is 0.929 bits per heavy atom. The topological polar surface area (TPSA) is 0 Å². The minimum Gasteiger partial charge on any atom is -0.207 e. The van der Waals surface area contributed by atoms with E-state index < -0.39 is 0 Å². The first-order chi connectivity index (χ1) is 6.77. The number of halogens is 2. The van der Waals surface area contributed by atoms with Crippen molar-refractivity contribution in [1.29, 1.82) is 0 Å². The van der Waals surface area contributed by atoms with Gasteiger partial charge in [-0.05, 0) is 51.9 Å². The lowest BCUT2D eigenvalue weighted by molar-refractivity contribution is 0.628. The zero-order chi connectivity index (χ0) is 9.97. The number of rotatable bonds is 1. The van der Waals surface area contributed by atoms with Crippen molar-refractivity contribution in [2.45, 2.75) is 0 Å². The largest absolute Gasteiger partial charge is 0.207 e. The Labute approximate surface area is 95.9 Å². The molecule has 0 unspecified atom stereocenters. The highest BCUT2D eigenvalue weighted by molar-refractivity contribution is 14.1. The fraction of sp³-hybridized carbons (Fsp3) is 0. The van der Waals surface area contributed by atoms with Crippen molar-refractivity contribution in [3.05, 3.63) is 57.9 Å². The average molecular weight is 298 g/mol. The van der Waals surface area contributed by atoms with Crippen LogP contribution >= 0.6 is 22.6 Å². The van der Waals surface area contributed by atoms with Gasteiger partial charge in [-0.25, -0.2) is 4.39 Å².